The fourth-order valence-corrected chi connectivity index (χ4v) is 10.5. The third kappa shape index (κ3) is 70.6. The lowest BCUT2D eigenvalue weighted by molar-refractivity contribution is -0.161. The van der Waals surface area contributed by atoms with Gasteiger partial charge in [-0.1, -0.05) is 261 Å². The molecule has 0 radical (unpaired) electrons. The zero-order chi connectivity index (χ0) is 73.2. The van der Waals surface area contributed by atoms with Crippen LogP contribution in [0.1, 0.15) is 246 Å². The van der Waals surface area contributed by atoms with Crippen molar-refractivity contribution in [1.82, 2.24) is 0 Å². The number of esters is 4. The molecule has 0 saturated carbocycles. The normalized spacial score (nSPS) is 15.0. The van der Waals surface area contributed by atoms with E-state index in [4.69, 9.17) is 37.0 Å². The van der Waals surface area contributed by atoms with E-state index in [9.17, 15) is 43.2 Å². The summed E-state index contributed by atoms with van der Waals surface area (Å²) >= 11 is 0. The van der Waals surface area contributed by atoms with Crippen LogP contribution >= 0.6 is 15.6 Å². The van der Waals surface area contributed by atoms with Crippen LogP contribution in [-0.4, -0.2) is 96.7 Å². The van der Waals surface area contributed by atoms with Crippen LogP contribution in [0.15, 0.2) is 182 Å². The number of ether oxygens (including phenoxy) is 4. The Morgan fingerprint density at radius 3 is 0.960 bits per heavy atom. The Balaban J connectivity index is 5.56. The van der Waals surface area contributed by atoms with Crippen molar-refractivity contribution in [1.29, 1.82) is 0 Å². The summed E-state index contributed by atoms with van der Waals surface area (Å²) in [6.07, 6.45) is 85.3. The van der Waals surface area contributed by atoms with E-state index in [0.717, 1.165) is 128 Å². The van der Waals surface area contributed by atoms with Gasteiger partial charge < -0.3 is 33.8 Å². The summed E-state index contributed by atoms with van der Waals surface area (Å²) in [7, 11) is -10.0. The van der Waals surface area contributed by atoms with E-state index in [1.807, 2.05) is 24.3 Å². The number of carbonyl (C=O) groups excluding carboxylic acids is 4. The molecular weight excluding hydrogens is 1310 g/mol. The predicted molar refractivity (Wildman–Crippen MR) is 408 cm³/mol. The highest BCUT2D eigenvalue weighted by Gasteiger charge is 2.30. The largest absolute Gasteiger partial charge is 0.472 e. The van der Waals surface area contributed by atoms with E-state index in [0.29, 0.717) is 25.7 Å². The Morgan fingerprint density at radius 1 is 0.300 bits per heavy atom. The highest BCUT2D eigenvalue weighted by Crippen LogP contribution is 2.45. The second kappa shape index (κ2) is 71.6. The van der Waals surface area contributed by atoms with Crippen molar-refractivity contribution in [2.24, 2.45) is 0 Å². The van der Waals surface area contributed by atoms with Crippen LogP contribution in [0.25, 0.3) is 0 Å². The van der Waals surface area contributed by atoms with Crippen LogP contribution in [0.2, 0.25) is 0 Å². The van der Waals surface area contributed by atoms with Crippen LogP contribution in [-0.2, 0) is 65.4 Å². The molecule has 0 amide bonds. The van der Waals surface area contributed by atoms with Gasteiger partial charge in [-0.15, -0.1) is 0 Å². The number of unbranched alkanes of at least 4 members (excludes halogenated alkanes) is 13. The van der Waals surface area contributed by atoms with E-state index in [1.165, 1.54) is 38.5 Å². The van der Waals surface area contributed by atoms with Crippen molar-refractivity contribution in [2.75, 3.05) is 39.6 Å². The third-order valence-electron chi connectivity index (χ3n) is 14.4. The molecule has 0 aliphatic heterocycles. The lowest BCUT2D eigenvalue weighted by atomic mass is 10.1. The van der Waals surface area contributed by atoms with Crippen LogP contribution in [0.5, 0.6) is 0 Å². The van der Waals surface area contributed by atoms with Gasteiger partial charge in [0.2, 0.25) is 0 Å². The molecule has 19 heteroatoms. The maximum atomic E-state index is 13.1. The summed E-state index contributed by atoms with van der Waals surface area (Å²) < 4.78 is 68.1. The lowest BCUT2D eigenvalue weighted by Crippen LogP contribution is -2.30. The molecule has 100 heavy (non-hydrogen) atoms. The smallest absolute Gasteiger partial charge is 0.462 e. The van der Waals surface area contributed by atoms with E-state index < -0.39 is 97.5 Å². The molecule has 5 unspecified atom stereocenters. The molecule has 0 spiro atoms. The van der Waals surface area contributed by atoms with Gasteiger partial charge in [0.05, 0.1) is 39.3 Å². The molecule has 0 aromatic carbocycles. The molecule has 564 valence electrons. The maximum Gasteiger partial charge on any atom is 0.472 e. The van der Waals surface area contributed by atoms with Gasteiger partial charge in [0, 0.05) is 12.8 Å². The monoisotopic (exact) mass is 1430 g/mol. The molecule has 0 aromatic heterocycles. The van der Waals surface area contributed by atoms with Gasteiger partial charge >= 0.3 is 39.5 Å². The van der Waals surface area contributed by atoms with Crippen molar-refractivity contribution >= 4 is 39.5 Å². The van der Waals surface area contributed by atoms with Gasteiger partial charge in [0.1, 0.15) is 19.3 Å². The van der Waals surface area contributed by atoms with Gasteiger partial charge in [-0.05, 0) is 141 Å². The van der Waals surface area contributed by atoms with Crippen LogP contribution in [0, 0.1) is 0 Å². The van der Waals surface area contributed by atoms with Crippen molar-refractivity contribution in [3.8, 4) is 0 Å². The number of allylic oxidation sites excluding steroid dienone is 28. The average molecular weight is 1440 g/mol. The zero-order valence-corrected chi connectivity index (χ0v) is 63.1. The van der Waals surface area contributed by atoms with Crippen molar-refractivity contribution in [3.63, 3.8) is 0 Å². The number of phosphoric ester groups is 2. The second-order valence-corrected chi connectivity index (χ2v) is 26.7. The van der Waals surface area contributed by atoms with Crippen molar-refractivity contribution in [3.05, 3.63) is 182 Å². The predicted octanol–water partition coefficient (Wildman–Crippen LogP) is 21.2. The highest BCUT2D eigenvalue weighted by molar-refractivity contribution is 7.47. The summed E-state index contributed by atoms with van der Waals surface area (Å²) in [6.45, 7) is 4.19. The summed E-state index contributed by atoms with van der Waals surface area (Å²) in [6, 6.07) is 0. The van der Waals surface area contributed by atoms with E-state index in [1.54, 1.807) is 24.3 Å². The molecule has 0 aliphatic carbocycles. The minimum absolute atomic E-state index is 0.0648. The Hall–Kier alpha value is -5.84. The standard InChI is InChI=1S/C81H128O17P2/c1-5-9-13-17-21-25-29-33-37-41-45-49-53-57-61-65-78(83)91-71-76(97-80(85)67-63-59-55-51-47-43-39-35-31-27-23-19-15-11-7-3)73-95-99(87,88)93-69-75(82)70-94-100(89,90)96-74-77(98-81(86)68-64-60-56-52-48-44-40-36-32-28-24-20-16-12-8-4)72-92-79(84)66-62-58-54-50-46-42-38-34-30-26-22-18-14-10-6-2/h9-11,13-15,21-23,25-27,33-40,45-47,49-51,57,59,61,63,75-77,82H,5-8,12,16-20,24,28-32,41-44,48,52-56,58,60,62,64-74H2,1-4H3,(H,87,88)(H,89,90)/b13-9-,14-10-,15-11-,25-21-,26-22-,27-23-,37-33-,38-34-,39-35-,40-36-,49-45-,50-46-,51-47-,61-57-,63-59-. The average Bonchev–Trinajstić information content (AvgIpc) is 1.01. The first-order valence-electron chi connectivity index (χ1n) is 37.0. The molecule has 3 N–H and O–H groups in total. The van der Waals surface area contributed by atoms with E-state index in [-0.39, 0.29) is 25.7 Å². The molecular formula is C81H128O17P2. The first-order valence-corrected chi connectivity index (χ1v) is 40.0. The summed E-state index contributed by atoms with van der Waals surface area (Å²) in [5.74, 6) is -2.55. The van der Waals surface area contributed by atoms with E-state index >= 15 is 0 Å². The number of hydrogen-bond acceptors (Lipinski definition) is 15. The number of aliphatic hydroxyl groups excluding tert-OH is 1. The molecule has 5 atom stereocenters. The number of aliphatic hydroxyl groups is 1. The Morgan fingerprint density at radius 2 is 0.570 bits per heavy atom. The molecule has 0 bridgehead atoms. The molecule has 0 rings (SSSR count). The van der Waals surface area contributed by atoms with Gasteiger partial charge in [-0.25, -0.2) is 9.13 Å². The molecule has 0 aliphatic rings. The minimum Gasteiger partial charge on any atom is -0.462 e. The summed E-state index contributed by atoms with van der Waals surface area (Å²) in [4.78, 5) is 72.7. The van der Waals surface area contributed by atoms with Gasteiger partial charge in [0.25, 0.3) is 0 Å². The maximum absolute atomic E-state index is 13.1. The third-order valence-corrected chi connectivity index (χ3v) is 16.3. The molecule has 0 saturated heterocycles. The van der Waals surface area contributed by atoms with Crippen molar-refractivity contribution < 1.29 is 80.2 Å². The molecule has 0 heterocycles. The second-order valence-electron chi connectivity index (χ2n) is 23.8. The molecule has 0 aromatic rings. The van der Waals surface area contributed by atoms with Crippen LogP contribution in [0.4, 0.5) is 0 Å². The fourth-order valence-electron chi connectivity index (χ4n) is 8.88. The lowest BCUT2D eigenvalue weighted by Gasteiger charge is -2.21. The summed E-state index contributed by atoms with van der Waals surface area (Å²) in [5, 5.41) is 10.6. The first kappa shape index (κ1) is 94.2. The highest BCUT2D eigenvalue weighted by atomic mass is 31.2. The Bertz CT molecular complexity index is 2620. The number of phosphoric acid groups is 2. The SMILES string of the molecule is CC/C=C\C/C=C\C/C=C\C/C=C\C/C=C\CC(=O)OCC(COP(=O)(O)OCC(O)COP(=O)(O)OCC(COC(=O)CCCC/C=C\C/C=C\C/C=C\C/C=C\CC)OC(=O)CCCCCCC/C=C\CCCCCCCC)OC(=O)C/C=C\C/C=C\C/C=C\C/C=C\C/C=C\CC. The summed E-state index contributed by atoms with van der Waals surface area (Å²) in [5.41, 5.74) is 0. The van der Waals surface area contributed by atoms with E-state index in [2.05, 4.69) is 161 Å². The first-order chi connectivity index (χ1) is 48.7. The minimum atomic E-state index is -5.03. The van der Waals surface area contributed by atoms with Gasteiger partial charge in [-0.3, -0.25) is 37.3 Å². The van der Waals surface area contributed by atoms with Gasteiger partial charge in [0.15, 0.2) is 12.2 Å². The van der Waals surface area contributed by atoms with Gasteiger partial charge in [-0.2, -0.15) is 0 Å². The quantitative estimate of drug-likeness (QED) is 0.0169. The molecule has 17 nitrogen and oxygen atoms in total. The topological polar surface area (TPSA) is 237 Å². The number of rotatable bonds is 67. The number of hydrogen-bond donors (Lipinski definition) is 3. The zero-order valence-electron chi connectivity index (χ0n) is 61.3. The van der Waals surface area contributed by atoms with Crippen LogP contribution in [0.3, 0.4) is 0 Å². The fraction of sp³-hybridized carbons (Fsp3) is 0.580. The Kier molecular flexibility index (Phi) is 67.4. The van der Waals surface area contributed by atoms with Crippen LogP contribution < -0.4 is 0 Å². The Labute approximate surface area is 603 Å². The number of carbonyl (C=O) groups is 4. The molecule has 0 fully saturated rings. The van der Waals surface area contributed by atoms with Crippen molar-refractivity contribution in [2.45, 2.75) is 264 Å².